The van der Waals surface area contributed by atoms with E-state index in [4.69, 9.17) is 14.2 Å². The Bertz CT molecular complexity index is 475. The molecular formula is C16H26N2O4. The molecule has 1 aromatic carbocycles. The molecule has 6 nitrogen and oxygen atoms in total. The summed E-state index contributed by atoms with van der Waals surface area (Å²) in [6.45, 7) is 3.94. The fourth-order valence-electron chi connectivity index (χ4n) is 3.04. The van der Waals surface area contributed by atoms with E-state index < -0.39 is 0 Å². The van der Waals surface area contributed by atoms with Crippen molar-refractivity contribution in [2.24, 2.45) is 0 Å². The van der Waals surface area contributed by atoms with Gasteiger partial charge in [-0.1, -0.05) is 0 Å². The fourth-order valence-corrected chi connectivity index (χ4v) is 3.04. The quantitative estimate of drug-likeness (QED) is 0.785. The van der Waals surface area contributed by atoms with E-state index in [-0.39, 0.29) is 12.6 Å². The second kappa shape index (κ2) is 8.22. The first-order valence-electron chi connectivity index (χ1n) is 7.61. The van der Waals surface area contributed by atoms with Crippen LogP contribution in [0.5, 0.6) is 17.2 Å². The van der Waals surface area contributed by atoms with Gasteiger partial charge < -0.3 is 24.6 Å². The van der Waals surface area contributed by atoms with E-state index in [2.05, 4.69) is 10.2 Å². The molecule has 1 saturated heterocycles. The van der Waals surface area contributed by atoms with Gasteiger partial charge in [-0.15, -0.1) is 0 Å². The average Bonchev–Trinajstić information content (AvgIpc) is 2.59. The van der Waals surface area contributed by atoms with Crippen molar-refractivity contribution in [3.8, 4) is 17.2 Å². The molecule has 1 atom stereocenters. The summed E-state index contributed by atoms with van der Waals surface area (Å²) in [5.74, 6) is 1.92. The molecule has 1 fully saturated rings. The second-order valence-corrected chi connectivity index (χ2v) is 5.24. The maximum Gasteiger partial charge on any atom is 0.203 e. The lowest BCUT2D eigenvalue weighted by molar-refractivity contribution is 0.138. The normalized spacial score (nSPS) is 17.1. The van der Waals surface area contributed by atoms with E-state index in [0.717, 1.165) is 31.7 Å². The minimum absolute atomic E-state index is 0.0989. The third kappa shape index (κ3) is 3.45. The largest absolute Gasteiger partial charge is 0.493 e. The zero-order valence-electron chi connectivity index (χ0n) is 13.6. The monoisotopic (exact) mass is 310 g/mol. The molecule has 1 aliphatic rings. The number of hydrogen-bond acceptors (Lipinski definition) is 6. The van der Waals surface area contributed by atoms with Crippen molar-refractivity contribution in [2.45, 2.75) is 12.5 Å². The number of nitrogens with one attached hydrogen (secondary N) is 1. The molecule has 0 unspecified atom stereocenters. The Balaban J connectivity index is 2.41. The SMILES string of the molecule is COc1ccc([C@H](CCO)N2CCNCC2)c(OC)c1OC. The highest BCUT2D eigenvalue weighted by atomic mass is 16.5. The summed E-state index contributed by atoms with van der Waals surface area (Å²) >= 11 is 0. The van der Waals surface area contributed by atoms with Gasteiger partial charge in [0.15, 0.2) is 11.5 Å². The van der Waals surface area contributed by atoms with Gasteiger partial charge >= 0.3 is 0 Å². The maximum absolute atomic E-state index is 9.48. The first kappa shape index (κ1) is 16.9. The van der Waals surface area contributed by atoms with Crippen LogP contribution in [0.15, 0.2) is 12.1 Å². The van der Waals surface area contributed by atoms with Gasteiger partial charge in [0.2, 0.25) is 5.75 Å². The smallest absolute Gasteiger partial charge is 0.203 e. The molecule has 6 heteroatoms. The third-order valence-corrected chi connectivity index (χ3v) is 4.09. The summed E-state index contributed by atoms with van der Waals surface area (Å²) in [6, 6.07) is 3.99. The highest BCUT2D eigenvalue weighted by Gasteiger charge is 2.27. The van der Waals surface area contributed by atoms with Gasteiger partial charge in [-0.25, -0.2) is 0 Å². The van der Waals surface area contributed by atoms with Crippen LogP contribution in [0, 0.1) is 0 Å². The standard InChI is InChI=1S/C16H26N2O4/c1-20-14-5-4-12(15(21-2)16(14)22-3)13(6-11-19)18-9-7-17-8-10-18/h4-5,13,17,19H,6-11H2,1-3H3/t13-/m0/s1. The first-order chi connectivity index (χ1) is 10.8. The second-order valence-electron chi connectivity index (χ2n) is 5.24. The van der Waals surface area contributed by atoms with Crippen LogP contribution < -0.4 is 19.5 Å². The number of aliphatic hydroxyl groups excluding tert-OH is 1. The highest BCUT2D eigenvalue weighted by Crippen LogP contribution is 2.44. The molecule has 2 N–H and O–H groups in total. The minimum Gasteiger partial charge on any atom is -0.493 e. The molecule has 0 aliphatic carbocycles. The number of nitrogens with zero attached hydrogens (tertiary/aromatic N) is 1. The summed E-state index contributed by atoms with van der Waals surface area (Å²) in [4.78, 5) is 2.37. The van der Waals surface area contributed by atoms with Gasteiger partial charge in [0.05, 0.1) is 21.3 Å². The molecule has 0 aromatic heterocycles. The first-order valence-corrected chi connectivity index (χ1v) is 7.61. The van der Waals surface area contributed by atoms with Gasteiger partial charge in [-0.3, -0.25) is 4.90 Å². The Hall–Kier alpha value is -1.50. The zero-order valence-corrected chi connectivity index (χ0v) is 13.6. The van der Waals surface area contributed by atoms with Crippen LogP contribution in [0.4, 0.5) is 0 Å². The number of piperazine rings is 1. The van der Waals surface area contributed by atoms with E-state index >= 15 is 0 Å². The van der Waals surface area contributed by atoms with Gasteiger partial charge in [0.1, 0.15) is 0 Å². The molecule has 124 valence electrons. The van der Waals surface area contributed by atoms with Crippen LogP contribution in [0.2, 0.25) is 0 Å². The summed E-state index contributed by atoms with van der Waals surface area (Å²) in [6.07, 6.45) is 0.659. The van der Waals surface area contributed by atoms with E-state index in [1.807, 2.05) is 12.1 Å². The summed E-state index contributed by atoms with van der Waals surface area (Å²) in [5, 5.41) is 12.8. The van der Waals surface area contributed by atoms with Gasteiger partial charge in [0.25, 0.3) is 0 Å². The van der Waals surface area contributed by atoms with Crippen LogP contribution in [0.3, 0.4) is 0 Å². The minimum atomic E-state index is 0.0989. The predicted molar refractivity (Wildman–Crippen MR) is 85.0 cm³/mol. The molecular weight excluding hydrogens is 284 g/mol. The van der Waals surface area contributed by atoms with Crippen molar-refractivity contribution in [3.05, 3.63) is 17.7 Å². The van der Waals surface area contributed by atoms with Crippen LogP contribution in [-0.2, 0) is 0 Å². The summed E-state index contributed by atoms with van der Waals surface area (Å²) < 4.78 is 16.4. The predicted octanol–water partition coefficient (Wildman–Crippen LogP) is 1.04. The van der Waals surface area contributed by atoms with Crippen molar-refractivity contribution in [1.82, 2.24) is 10.2 Å². The molecule has 0 radical (unpaired) electrons. The zero-order chi connectivity index (χ0) is 15.9. The van der Waals surface area contributed by atoms with Gasteiger partial charge in [-0.05, 0) is 18.6 Å². The number of benzene rings is 1. The van der Waals surface area contributed by atoms with E-state index in [1.54, 1.807) is 21.3 Å². The van der Waals surface area contributed by atoms with Crippen LogP contribution in [-0.4, -0.2) is 64.1 Å². The van der Waals surface area contributed by atoms with Crippen molar-refractivity contribution in [3.63, 3.8) is 0 Å². The molecule has 1 heterocycles. The molecule has 2 rings (SSSR count). The molecule has 0 saturated carbocycles. The fraction of sp³-hybridized carbons (Fsp3) is 0.625. The Morgan fingerprint density at radius 1 is 1.09 bits per heavy atom. The van der Waals surface area contributed by atoms with Crippen molar-refractivity contribution < 1.29 is 19.3 Å². The van der Waals surface area contributed by atoms with Crippen molar-refractivity contribution in [2.75, 3.05) is 54.1 Å². The summed E-state index contributed by atoms with van der Waals surface area (Å²) in [7, 11) is 4.85. The molecule has 1 aliphatic heterocycles. The maximum atomic E-state index is 9.48. The average molecular weight is 310 g/mol. The van der Waals surface area contributed by atoms with E-state index in [0.29, 0.717) is 23.7 Å². The molecule has 0 spiro atoms. The van der Waals surface area contributed by atoms with Crippen molar-refractivity contribution >= 4 is 0 Å². The lowest BCUT2D eigenvalue weighted by atomic mass is 9.99. The number of ether oxygens (including phenoxy) is 3. The van der Waals surface area contributed by atoms with Gasteiger partial charge in [0, 0.05) is 44.4 Å². The molecule has 0 bridgehead atoms. The van der Waals surface area contributed by atoms with Gasteiger partial charge in [-0.2, -0.15) is 0 Å². The van der Waals surface area contributed by atoms with Crippen LogP contribution in [0.1, 0.15) is 18.0 Å². The molecule has 1 aromatic rings. The lowest BCUT2D eigenvalue weighted by Gasteiger charge is -2.35. The number of methoxy groups -OCH3 is 3. The summed E-state index contributed by atoms with van der Waals surface area (Å²) in [5.41, 5.74) is 1.02. The molecule has 22 heavy (non-hydrogen) atoms. The Morgan fingerprint density at radius 3 is 2.32 bits per heavy atom. The van der Waals surface area contributed by atoms with E-state index in [1.165, 1.54) is 0 Å². The number of hydrogen-bond donors (Lipinski definition) is 2. The Morgan fingerprint density at radius 2 is 1.77 bits per heavy atom. The Kier molecular flexibility index (Phi) is 6.30. The lowest BCUT2D eigenvalue weighted by Crippen LogP contribution is -2.45. The van der Waals surface area contributed by atoms with E-state index in [9.17, 15) is 5.11 Å². The topological polar surface area (TPSA) is 63.2 Å². The molecule has 0 amide bonds. The van der Waals surface area contributed by atoms with Crippen molar-refractivity contribution in [1.29, 1.82) is 0 Å². The highest BCUT2D eigenvalue weighted by molar-refractivity contribution is 5.56. The third-order valence-electron chi connectivity index (χ3n) is 4.09. The van der Waals surface area contributed by atoms with Crippen LogP contribution in [0.25, 0.3) is 0 Å². The number of aliphatic hydroxyl groups is 1. The number of rotatable bonds is 7. The Labute approximate surface area is 132 Å². The van der Waals surface area contributed by atoms with Crippen LogP contribution >= 0.6 is 0 Å².